The van der Waals surface area contributed by atoms with Gasteiger partial charge in [0.2, 0.25) is 0 Å². The van der Waals surface area contributed by atoms with Crippen LogP contribution < -0.4 is 11.1 Å². The number of carbonyl (C=O) groups is 1. The van der Waals surface area contributed by atoms with E-state index in [-0.39, 0.29) is 32.8 Å². The van der Waals surface area contributed by atoms with Crippen LogP contribution in [0.3, 0.4) is 0 Å². The summed E-state index contributed by atoms with van der Waals surface area (Å²) in [5.41, 5.74) is 8.39. The Kier molecular flexibility index (Phi) is 3.64. The summed E-state index contributed by atoms with van der Waals surface area (Å²) in [4.78, 5) is 12.3. The van der Waals surface area contributed by atoms with Crippen molar-refractivity contribution in [2.45, 2.75) is 31.7 Å². The van der Waals surface area contributed by atoms with E-state index in [4.69, 9.17) is 5.73 Å². The van der Waals surface area contributed by atoms with E-state index in [1.807, 2.05) is 18.2 Å². The Hall–Kier alpha value is -1.23. The second-order valence-corrected chi connectivity index (χ2v) is 6.15. The number of rotatable bonds is 2. The van der Waals surface area contributed by atoms with Crippen LogP contribution in [-0.2, 0) is 4.79 Å². The Morgan fingerprint density at radius 1 is 1.26 bits per heavy atom. The Labute approximate surface area is 117 Å². The van der Waals surface area contributed by atoms with Gasteiger partial charge in [-0.05, 0) is 0 Å². The number of amides is 1. The van der Waals surface area contributed by atoms with Crippen LogP contribution in [0.4, 0.5) is 5.69 Å². The van der Waals surface area contributed by atoms with Crippen molar-refractivity contribution in [2.75, 3.05) is 5.32 Å². The minimum atomic E-state index is -0.0687. The van der Waals surface area contributed by atoms with Crippen LogP contribution in [0.15, 0.2) is 18.2 Å². The van der Waals surface area contributed by atoms with Crippen molar-refractivity contribution in [1.82, 2.24) is 7.96 Å². The van der Waals surface area contributed by atoms with Gasteiger partial charge in [-0.25, -0.2) is 0 Å². The van der Waals surface area contributed by atoms with Crippen molar-refractivity contribution in [3.05, 3.63) is 18.2 Å². The molecule has 100 valence electrons. The zero-order valence-electron chi connectivity index (χ0n) is 10.5. The summed E-state index contributed by atoms with van der Waals surface area (Å²) in [6.07, 6.45) is 3.64. The predicted molar refractivity (Wildman–Crippen MR) is 75.0 cm³/mol. The van der Waals surface area contributed by atoms with E-state index < -0.39 is 0 Å². The fourth-order valence-corrected chi connectivity index (χ4v) is 3.68. The molecule has 3 N–H and O–H groups in total. The van der Waals surface area contributed by atoms with Gasteiger partial charge in [0.15, 0.2) is 0 Å². The molecule has 1 aliphatic carbocycles. The van der Waals surface area contributed by atoms with Crippen LogP contribution in [0.5, 0.6) is 0 Å². The number of nitrogens with one attached hydrogen (secondary N) is 1. The molecule has 0 unspecified atom stereocenters. The molecular weight excluding hydrogens is 307 g/mol. The number of hydrogen-bond acceptors (Lipinski definition) is 4. The SMILES string of the molecule is NC1CCC(C(=O)Nc2cccc3n[se]nc23)CC1. The molecule has 0 radical (unpaired) electrons. The minimum absolute atomic E-state index is 0.0687. The monoisotopic (exact) mass is 324 g/mol. The number of hydrogen-bond donors (Lipinski definition) is 2. The third-order valence-electron chi connectivity index (χ3n) is 3.69. The van der Waals surface area contributed by atoms with Crippen LogP contribution in [-0.4, -0.2) is 34.9 Å². The summed E-state index contributed by atoms with van der Waals surface area (Å²) in [6.45, 7) is 0. The molecule has 6 heteroatoms. The molecular formula is C13H16N4OSe. The molecule has 19 heavy (non-hydrogen) atoms. The van der Waals surface area contributed by atoms with Crippen molar-refractivity contribution in [3.63, 3.8) is 0 Å². The van der Waals surface area contributed by atoms with E-state index in [9.17, 15) is 4.79 Å². The molecule has 3 rings (SSSR count). The fourth-order valence-electron chi connectivity index (χ4n) is 2.52. The van der Waals surface area contributed by atoms with Crippen molar-refractivity contribution in [3.8, 4) is 0 Å². The first-order valence-corrected chi connectivity index (χ1v) is 8.05. The standard InChI is InChI=1S/C13H16N4OSe/c14-9-6-4-8(5-7-9)13(18)15-10-2-1-3-11-12(10)17-19-16-11/h1-3,8-9H,4-7,14H2,(H,15,18). The molecule has 1 aromatic carbocycles. The Bertz CT molecular complexity index is 589. The molecule has 1 aliphatic rings. The van der Waals surface area contributed by atoms with E-state index in [1.54, 1.807) is 0 Å². The summed E-state index contributed by atoms with van der Waals surface area (Å²) >= 11 is -0.0687. The first-order valence-electron chi connectivity index (χ1n) is 6.52. The van der Waals surface area contributed by atoms with Crippen molar-refractivity contribution in [2.24, 2.45) is 11.7 Å². The molecule has 0 atom stereocenters. The number of carbonyl (C=O) groups excluding carboxylic acids is 1. The van der Waals surface area contributed by atoms with Gasteiger partial charge in [0.25, 0.3) is 0 Å². The Morgan fingerprint density at radius 2 is 2.05 bits per heavy atom. The van der Waals surface area contributed by atoms with Gasteiger partial charge in [-0.1, -0.05) is 0 Å². The molecule has 0 spiro atoms. The molecule has 1 fully saturated rings. The molecule has 0 saturated heterocycles. The average Bonchev–Trinajstić information content (AvgIpc) is 2.89. The zero-order chi connectivity index (χ0) is 13.2. The summed E-state index contributed by atoms with van der Waals surface area (Å²) in [5, 5.41) is 3.00. The van der Waals surface area contributed by atoms with Crippen LogP contribution in [0.1, 0.15) is 25.7 Å². The quantitative estimate of drug-likeness (QED) is 0.812. The molecule has 1 aromatic heterocycles. The molecule has 0 aliphatic heterocycles. The Morgan fingerprint density at radius 3 is 2.84 bits per heavy atom. The summed E-state index contributed by atoms with van der Waals surface area (Å²) < 4.78 is 8.69. The van der Waals surface area contributed by atoms with Crippen LogP contribution in [0, 0.1) is 5.92 Å². The molecule has 5 nitrogen and oxygen atoms in total. The predicted octanol–water partition coefficient (Wildman–Crippen LogP) is 1.14. The zero-order valence-corrected chi connectivity index (χ0v) is 12.2. The maximum absolute atomic E-state index is 12.3. The second-order valence-electron chi connectivity index (χ2n) is 5.04. The topological polar surface area (TPSA) is 80.9 Å². The van der Waals surface area contributed by atoms with E-state index in [0.29, 0.717) is 0 Å². The van der Waals surface area contributed by atoms with Gasteiger partial charge in [-0.3, -0.25) is 0 Å². The number of benzene rings is 1. The number of nitrogens with zero attached hydrogens (tertiary/aromatic N) is 2. The van der Waals surface area contributed by atoms with Gasteiger partial charge in [-0.2, -0.15) is 0 Å². The number of anilines is 1. The number of aromatic nitrogens is 2. The van der Waals surface area contributed by atoms with Gasteiger partial charge in [0.05, 0.1) is 0 Å². The fraction of sp³-hybridized carbons (Fsp3) is 0.462. The molecule has 0 bridgehead atoms. The number of nitrogens with two attached hydrogens (primary N) is 1. The molecule has 1 saturated carbocycles. The van der Waals surface area contributed by atoms with E-state index in [1.165, 1.54) is 0 Å². The van der Waals surface area contributed by atoms with Crippen LogP contribution in [0.25, 0.3) is 11.0 Å². The summed E-state index contributed by atoms with van der Waals surface area (Å²) in [7, 11) is 0. The Balaban J connectivity index is 1.74. The van der Waals surface area contributed by atoms with E-state index in [0.717, 1.165) is 42.4 Å². The van der Waals surface area contributed by atoms with Crippen molar-refractivity contribution >= 4 is 37.6 Å². The average molecular weight is 323 g/mol. The summed E-state index contributed by atoms with van der Waals surface area (Å²) in [5.74, 6) is 0.175. The first kappa shape index (κ1) is 12.8. The third-order valence-corrected chi connectivity index (χ3v) is 4.82. The molecule has 1 heterocycles. The normalized spacial score (nSPS) is 23.4. The second kappa shape index (κ2) is 5.41. The third kappa shape index (κ3) is 2.71. The van der Waals surface area contributed by atoms with E-state index in [2.05, 4.69) is 13.3 Å². The maximum atomic E-state index is 12.3. The van der Waals surface area contributed by atoms with Crippen molar-refractivity contribution < 1.29 is 4.79 Å². The van der Waals surface area contributed by atoms with Gasteiger partial charge >= 0.3 is 117 Å². The van der Waals surface area contributed by atoms with Crippen LogP contribution in [0.2, 0.25) is 0 Å². The summed E-state index contributed by atoms with van der Waals surface area (Å²) in [6, 6.07) is 6.00. The van der Waals surface area contributed by atoms with Gasteiger partial charge < -0.3 is 0 Å². The van der Waals surface area contributed by atoms with Gasteiger partial charge in [0, 0.05) is 0 Å². The van der Waals surface area contributed by atoms with Crippen LogP contribution >= 0.6 is 0 Å². The van der Waals surface area contributed by atoms with Gasteiger partial charge in [-0.15, -0.1) is 0 Å². The molecule has 2 aromatic rings. The van der Waals surface area contributed by atoms with Crippen molar-refractivity contribution in [1.29, 1.82) is 0 Å². The first-order chi connectivity index (χ1) is 9.24. The molecule has 1 amide bonds. The number of fused-ring (bicyclic) bond motifs is 1. The van der Waals surface area contributed by atoms with E-state index >= 15 is 0 Å². The van der Waals surface area contributed by atoms with Gasteiger partial charge in [0.1, 0.15) is 0 Å².